The quantitative estimate of drug-likeness (QED) is 0.834. The molecule has 2 atom stereocenters. The van der Waals surface area contributed by atoms with Crippen LogP contribution in [0, 0.1) is 11.7 Å². The number of likely N-dealkylation sites (tertiary alicyclic amines) is 1. The van der Waals surface area contributed by atoms with E-state index in [0.717, 1.165) is 12.8 Å². The van der Waals surface area contributed by atoms with Gasteiger partial charge in [-0.15, -0.1) is 0 Å². The average Bonchev–Trinajstić information content (AvgIpc) is 2.61. The second-order valence-corrected chi connectivity index (χ2v) is 6.24. The van der Waals surface area contributed by atoms with Crippen molar-refractivity contribution in [1.29, 1.82) is 0 Å². The zero-order valence-electron chi connectivity index (χ0n) is 14.0. The minimum Gasteiger partial charge on any atom is -0.393 e. The second kappa shape index (κ2) is 8.78. The molecular weight excluding hydrogens is 311 g/mol. The first kappa shape index (κ1) is 18.4. The fourth-order valence-corrected chi connectivity index (χ4v) is 2.86. The summed E-state index contributed by atoms with van der Waals surface area (Å²) in [4.78, 5) is 26.4. The van der Waals surface area contributed by atoms with E-state index in [1.165, 1.54) is 24.3 Å². The third kappa shape index (κ3) is 5.03. The molecular formula is C18H25FN2O3. The van der Waals surface area contributed by atoms with Gasteiger partial charge in [0, 0.05) is 25.2 Å². The Morgan fingerprint density at radius 3 is 2.75 bits per heavy atom. The van der Waals surface area contributed by atoms with E-state index in [2.05, 4.69) is 5.32 Å². The van der Waals surface area contributed by atoms with Gasteiger partial charge in [0.05, 0.1) is 12.0 Å². The number of aliphatic hydroxyl groups excluding tert-OH is 1. The van der Waals surface area contributed by atoms with Crippen LogP contribution < -0.4 is 5.32 Å². The summed E-state index contributed by atoms with van der Waals surface area (Å²) in [6.45, 7) is 3.32. The largest absolute Gasteiger partial charge is 0.393 e. The van der Waals surface area contributed by atoms with Gasteiger partial charge in [-0.2, -0.15) is 0 Å². The Morgan fingerprint density at radius 1 is 1.38 bits per heavy atom. The van der Waals surface area contributed by atoms with E-state index in [4.69, 9.17) is 0 Å². The first-order valence-electron chi connectivity index (χ1n) is 8.52. The molecule has 1 heterocycles. The molecule has 1 saturated heterocycles. The number of hydrogen-bond acceptors (Lipinski definition) is 3. The molecule has 2 unspecified atom stereocenters. The number of halogens is 1. The van der Waals surface area contributed by atoms with Crippen LogP contribution in [0.5, 0.6) is 0 Å². The Bertz CT molecular complexity index is 562. The molecule has 0 aromatic heterocycles. The molecule has 2 rings (SSSR count). The van der Waals surface area contributed by atoms with Gasteiger partial charge in [0.25, 0.3) is 5.91 Å². The van der Waals surface area contributed by atoms with Crippen LogP contribution in [-0.4, -0.2) is 47.6 Å². The van der Waals surface area contributed by atoms with Gasteiger partial charge < -0.3 is 15.3 Å². The van der Waals surface area contributed by atoms with Crippen molar-refractivity contribution in [1.82, 2.24) is 10.2 Å². The van der Waals surface area contributed by atoms with E-state index < -0.39 is 6.10 Å². The van der Waals surface area contributed by atoms with Gasteiger partial charge >= 0.3 is 0 Å². The lowest BCUT2D eigenvalue weighted by Crippen LogP contribution is -2.45. The zero-order valence-corrected chi connectivity index (χ0v) is 14.0. The van der Waals surface area contributed by atoms with Crippen LogP contribution in [0.1, 0.15) is 43.0 Å². The van der Waals surface area contributed by atoms with Gasteiger partial charge in [-0.05, 0) is 49.9 Å². The van der Waals surface area contributed by atoms with Crippen molar-refractivity contribution in [2.45, 2.75) is 38.7 Å². The Morgan fingerprint density at radius 2 is 2.08 bits per heavy atom. The summed E-state index contributed by atoms with van der Waals surface area (Å²) in [5, 5.41) is 12.3. The molecule has 132 valence electrons. The van der Waals surface area contributed by atoms with Crippen molar-refractivity contribution < 1.29 is 19.1 Å². The van der Waals surface area contributed by atoms with Gasteiger partial charge in [0.15, 0.2) is 0 Å². The number of amides is 2. The van der Waals surface area contributed by atoms with Crippen LogP contribution >= 0.6 is 0 Å². The van der Waals surface area contributed by atoms with Crippen LogP contribution in [-0.2, 0) is 4.79 Å². The highest BCUT2D eigenvalue weighted by Gasteiger charge is 2.28. The standard InChI is InChI=1S/C18H25FN2O3/c1-2-16(22)9-10-20-17(23)14-4-3-11-21(12-14)18(24)13-5-7-15(19)8-6-13/h5-8,14,16,22H,2-4,9-12H2,1H3,(H,20,23). The van der Waals surface area contributed by atoms with Gasteiger partial charge in [-0.25, -0.2) is 4.39 Å². The molecule has 24 heavy (non-hydrogen) atoms. The van der Waals surface area contributed by atoms with Gasteiger partial charge in [0.1, 0.15) is 5.82 Å². The Labute approximate surface area is 141 Å². The zero-order chi connectivity index (χ0) is 17.5. The van der Waals surface area contributed by atoms with Crippen LogP contribution in [0.3, 0.4) is 0 Å². The van der Waals surface area contributed by atoms with Gasteiger partial charge in [0.2, 0.25) is 5.91 Å². The molecule has 5 nitrogen and oxygen atoms in total. The molecule has 2 N–H and O–H groups in total. The molecule has 0 spiro atoms. The molecule has 2 amide bonds. The Balaban J connectivity index is 1.87. The van der Waals surface area contributed by atoms with Crippen LogP contribution in [0.25, 0.3) is 0 Å². The summed E-state index contributed by atoms with van der Waals surface area (Å²) < 4.78 is 13.0. The van der Waals surface area contributed by atoms with Crippen molar-refractivity contribution in [3.8, 4) is 0 Å². The SMILES string of the molecule is CCC(O)CCNC(=O)C1CCCN(C(=O)c2ccc(F)cc2)C1. The minimum atomic E-state index is -0.395. The number of aliphatic hydroxyl groups is 1. The maximum Gasteiger partial charge on any atom is 0.253 e. The van der Waals surface area contributed by atoms with E-state index in [1.54, 1.807) is 4.90 Å². The molecule has 1 aromatic carbocycles. The van der Waals surface area contributed by atoms with Gasteiger partial charge in [-0.3, -0.25) is 9.59 Å². The molecule has 1 aliphatic rings. The summed E-state index contributed by atoms with van der Waals surface area (Å²) in [6, 6.07) is 5.46. The molecule has 1 fully saturated rings. The molecule has 6 heteroatoms. The number of rotatable bonds is 6. The number of hydrogen-bond donors (Lipinski definition) is 2. The summed E-state index contributed by atoms with van der Waals surface area (Å²) in [6.07, 6.45) is 2.32. The van der Waals surface area contributed by atoms with Crippen LogP contribution in [0.2, 0.25) is 0 Å². The molecule has 1 aliphatic heterocycles. The fraction of sp³-hybridized carbons (Fsp3) is 0.556. The third-order valence-corrected chi connectivity index (χ3v) is 4.42. The minimum absolute atomic E-state index is 0.0742. The highest BCUT2D eigenvalue weighted by Crippen LogP contribution is 2.19. The van der Waals surface area contributed by atoms with Crippen molar-refractivity contribution in [2.75, 3.05) is 19.6 Å². The number of nitrogens with zero attached hydrogens (tertiary/aromatic N) is 1. The van der Waals surface area contributed by atoms with Gasteiger partial charge in [-0.1, -0.05) is 6.92 Å². The Hall–Kier alpha value is -1.95. The lowest BCUT2D eigenvalue weighted by atomic mass is 9.96. The molecule has 0 aliphatic carbocycles. The van der Waals surface area contributed by atoms with Crippen molar-refractivity contribution in [3.63, 3.8) is 0 Å². The maximum absolute atomic E-state index is 13.0. The summed E-state index contributed by atoms with van der Waals surface area (Å²) in [7, 11) is 0. The van der Waals surface area contributed by atoms with Crippen molar-refractivity contribution in [2.24, 2.45) is 5.92 Å². The number of benzene rings is 1. The monoisotopic (exact) mass is 336 g/mol. The van der Waals surface area contributed by atoms with E-state index in [9.17, 15) is 19.1 Å². The predicted octanol–water partition coefficient (Wildman–Crippen LogP) is 1.96. The highest BCUT2D eigenvalue weighted by atomic mass is 19.1. The summed E-state index contributed by atoms with van der Waals surface area (Å²) in [5.74, 6) is -0.859. The first-order valence-corrected chi connectivity index (χ1v) is 8.52. The Kier molecular flexibility index (Phi) is 6.73. The average molecular weight is 336 g/mol. The van der Waals surface area contributed by atoms with Crippen LogP contribution in [0.4, 0.5) is 4.39 Å². The van der Waals surface area contributed by atoms with E-state index in [-0.39, 0.29) is 23.5 Å². The van der Waals surface area contributed by atoms with E-state index in [0.29, 0.717) is 38.0 Å². The lowest BCUT2D eigenvalue weighted by molar-refractivity contribution is -0.126. The number of piperidine rings is 1. The lowest BCUT2D eigenvalue weighted by Gasteiger charge is -2.32. The van der Waals surface area contributed by atoms with Crippen LogP contribution in [0.15, 0.2) is 24.3 Å². The molecule has 0 saturated carbocycles. The number of nitrogens with one attached hydrogen (secondary N) is 1. The first-order chi connectivity index (χ1) is 11.5. The number of carbonyl (C=O) groups excluding carboxylic acids is 2. The molecule has 0 bridgehead atoms. The molecule has 0 radical (unpaired) electrons. The van der Waals surface area contributed by atoms with Crippen molar-refractivity contribution in [3.05, 3.63) is 35.6 Å². The maximum atomic E-state index is 13.0. The second-order valence-electron chi connectivity index (χ2n) is 6.24. The van der Waals surface area contributed by atoms with E-state index in [1.807, 2.05) is 6.92 Å². The normalized spacial score (nSPS) is 19.0. The summed E-state index contributed by atoms with van der Waals surface area (Å²) >= 11 is 0. The highest BCUT2D eigenvalue weighted by molar-refractivity contribution is 5.94. The predicted molar refractivity (Wildman–Crippen MR) is 89.0 cm³/mol. The topological polar surface area (TPSA) is 69.6 Å². The van der Waals surface area contributed by atoms with E-state index >= 15 is 0 Å². The fourth-order valence-electron chi connectivity index (χ4n) is 2.86. The molecule has 1 aromatic rings. The third-order valence-electron chi connectivity index (χ3n) is 4.42. The summed E-state index contributed by atoms with van der Waals surface area (Å²) in [5.41, 5.74) is 0.434. The smallest absolute Gasteiger partial charge is 0.253 e. The van der Waals surface area contributed by atoms with Crippen molar-refractivity contribution >= 4 is 11.8 Å². The number of carbonyl (C=O) groups is 2.